The van der Waals surface area contributed by atoms with Gasteiger partial charge in [-0.2, -0.15) is 0 Å². The molecule has 0 aliphatic carbocycles. The van der Waals surface area contributed by atoms with E-state index in [2.05, 4.69) is 9.98 Å². The highest BCUT2D eigenvalue weighted by molar-refractivity contribution is 5.94. The van der Waals surface area contributed by atoms with E-state index < -0.39 is 23.1 Å². The van der Waals surface area contributed by atoms with Crippen molar-refractivity contribution in [2.75, 3.05) is 0 Å². The number of aromatic nitrogens is 2. The number of rotatable bonds is 4. The summed E-state index contributed by atoms with van der Waals surface area (Å²) in [7, 11) is 0. The summed E-state index contributed by atoms with van der Waals surface area (Å²) in [5, 5.41) is 21.5. The molecule has 1 heterocycles. The smallest absolute Gasteiger partial charge is 0.335 e. The van der Waals surface area contributed by atoms with E-state index in [1.165, 1.54) is 18.2 Å². The first-order valence-corrected chi connectivity index (χ1v) is 7.47. The molecule has 0 atom stereocenters. The number of aromatic carboxylic acids is 1. The lowest BCUT2D eigenvalue weighted by Crippen LogP contribution is -2.31. The molecule has 2 aromatic carbocycles. The van der Waals surface area contributed by atoms with Crippen LogP contribution in [0.1, 0.15) is 15.9 Å². The van der Waals surface area contributed by atoms with Crippen molar-refractivity contribution in [2.45, 2.75) is 0 Å². The molecule has 26 heavy (non-hydrogen) atoms. The van der Waals surface area contributed by atoms with Gasteiger partial charge in [0.05, 0.1) is 17.3 Å². The summed E-state index contributed by atoms with van der Waals surface area (Å²) < 4.78 is 0.910. The van der Waals surface area contributed by atoms with Gasteiger partial charge in [-0.15, -0.1) is 0 Å². The minimum Gasteiger partial charge on any atom is -0.545 e. The van der Waals surface area contributed by atoms with E-state index in [1.807, 2.05) is 0 Å². The van der Waals surface area contributed by atoms with Gasteiger partial charge in [-0.1, -0.05) is 36.4 Å². The van der Waals surface area contributed by atoms with Crippen LogP contribution in [0, 0.1) is 0 Å². The number of carboxylic acid groups (broad SMARTS) is 1. The second-order valence-corrected chi connectivity index (χ2v) is 5.23. The lowest BCUT2D eigenvalue weighted by molar-refractivity contribution is -0.254. The lowest BCUT2D eigenvalue weighted by Gasteiger charge is -2.09. The molecule has 3 rings (SSSR count). The average molecular weight is 350 g/mol. The van der Waals surface area contributed by atoms with Gasteiger partial charge >= 0.3 is 5.69 Å². The van der Waals surface area contributed by atoms with Crippen LogP contribution in [0.4, 0.5) is 5.69 Å². The third kappa shape index (κ3) is 3.16. The average Bonchev–Trinajstić information content (AvgIpc) is 2.62. The largest absolute Gasteiger partial charge is 0.545 e. The molecule has 0 aliphatic rings. The molecule has 3 aromatic rings. The van der Waals surface area contributed by atoms with E-state index in [9.17, 15) is 24.6 Å². The van der Waals surface area contributed by atoms with Crippen LogP contribution in [0.25, 0.3) is 5.69 Å². The molecule has 130 valence electrons. The number of carbonyl (C=O) groups is 1. The Hall–Kier alpha value is -3.94. The minimum atomic E-state index is -1.43. The van der Waals surface area contributed by atoms with Gasteiger partial charge < -0.3 is 15.0 Å². The third-order valence-corrected chi connectivity index (χ3v) is 3.59. The maximum absolute atomic E-state index is 12.0. The highest BCUT2D eigenvalue weighted by Gasteiger charge is 2.14. The number of hydrogen-bond acceptors (Lipinski definition) is 6. The van der Waals surface area contributed by atoms with Gasteiger partial charge in [0.25, 0.3) is 5.56 Å². The van der Waals surface area contributed by atoms with Gasteiger partial charge in [-0.3, -0.25) is 14.8 Å². The van der Waals surface area contributed by atoms with Gasteiger partial charge in [0, 0.05) is 11.8 Å². The molecule has 0 spiro atoms. The fourth-order valence-corrected chi connectivity index (χ4v) is 2.36. The molecule has 1 aromatic heterocycles. The summed E-state index contributed by atoms with van der Waals surface area (Å²) in [6, 6.07) is 14.0. The van der Waals surface area contributed by atoms with Gasteiger partial charge in [-0.25, -0.2) is 9.36 Å². The van der Waals surface area contributed by atoms with E-state index >= 15 is 0 Å². The zero-order valence-electron chi connectivity index (χ0n) is 13.2. The van der Waals surface area contributed by atoms with Crippen molar-refractivity contribution in [3.63, 3.8) is 0 Å². The molecule has 0 aliphatic heterocycles. The number of H-pyrrole nitrogens is 1. The lowest BCUT2D eigenvalue weighted by atomic mass is 10.2. The number of carbonyl (C=O) groups excluding carboxylic acids is 1. The van der Waals surface area contributed by atoms with Gasteiger partial charge in [0.2, 0.25) is 5.88 Å². The minimum absolute atomic E-state index is 0.0451. The maximum Gasteiger partial charge on any atom is 0.335 e. The Morgan fingerprint density at radius 1 is 1.08 bits per heavy atom. The van der Waals surface area contributed by atoms with Gasteiger partial charge in [-0.05, 0) is 18.2 Å². The van der Waals surface area contributed by atoms with Crippen molar-refractivity contribution in [1.82, 2.24) is 9.55 Å². The number of aromatic amines is 1. The fourth-order valence-electron chi connectivity index (χ4n) is 2.36. The highest BCUT2D eigenvalue weighted by atomic mass is 16.4. The Morgan fingerprint density at radius 3 is 2.42 bits per heavy atom. The molecule has 0 radical (unpaired) electrons. The number of nitrogens with zero attached hydrogens (tertiary/aromatic N) is 2. The van der Waals surface area contributed by atoms with Crippen LogP contribution < -0.4 is 16.4 Å². The number of carboxylic acids is 1. The molecule has 0 fully saturated rings. The van der Waals surface area contributed by atoms with Crippen LogP contribution in [0.15, 0.2) is 69.2 Å². The topological polar surface area (TPSA) is 128 Å². The second kappa shape index (κ2) is 6.89. The molecular weight excluding hydrogens is 338 g/mol. The summed E-state index contributed by atoms with van der Waals surface area (Å²) in [5.74, 6) is -2.04. The Balaban J connectivity index is 2.14. The SMILES string of the molecule is O=C([O-])c1ccccc1N=Cc1c(O)n(-c2ccccc2)c(=O)[nH]c1=O. The normalized spacial score (nSPS) is 10.9. The Labute approximate surface area is 146 Å². The maximum atomic E-state index is 12.0. The van der Waals surface area contributed by atoms with Crippen LogP contribution in [0.2, 0.25) is 0 Å². The molecule has 0 bridgehead atoms. The molecule has 8 heteroatoms. The first kappa shape index (κ1) is 16.9. The molecule has 2 N–H and O–H groups in total. The fraction of sp³-hybridized carbons (Fsp3) is 0. The van der Waals surface area contributed by atoms with Crippen molar-refractivity contribution in [1.29, 1.82) is 0 Å². The van der Waals surface area contributed by atoms with E-state index in [0.29, 0.717) is 5.69 Å². The number of aliphatic imine (C=N–C) groups is 1. The standard InChI is InChI=1S/C18H13N3O5/c22-15-13(10-19-14-9-5-4-8-12(14)17(24)25)16(23)21(18(26)20-15)11-6-2-1-3-7-11/h1-10,23H,(H,24,25)(H,20,22,26)/p-1. The van der Waals surface area contributed by atoms with Crippen LogP contribution in [-0.4, -0.2) is 26.8 Å². The Bertz CT molecular complexity index is 1110. The van der Waals surface area contributed by atoms with Crippen molar-refractivity contribution < 1.29 is 15.0 Å². The van der Waals surface area contributed by atoms with Crippen LogP contribution in [-0.2, 0) is 0 Å². The quantitative estimate of drug-likeness (QED) is 0.656. The van der Waals surface area contributed by atoms with Crippen molar-refractivity contribution in [3.05, 3.63) is 86.6 Å². The number of hydrogen-bond donors (Lipinski definition) is 2. The summed E-state index contributed by atoms with van der Waals surface area (Å²) in [6.45, 7) is 0. The Kier molecular flexibility index (Phi) is 4.48. The van der Waals surface area contributed by atoms with Crippen LogP contribution in [0.3, 0.4) is 0 Å². The molecule has 0 saturated heterocycles. The number of aromatic hydroxyl groups is 1. The van der Waals surface area contributed by atoms with Gasteiger partial charge in [0.1, 0.15) is 5.56 Å². The summed E-state index contributed by atoms with van der Waals surface area (Å²) in [4.78, 5) is 41.2. The first-order valence-electron chi connectivity index (χ1n) is 7.47. The Morgan fingerprint density at radius 2 is 1.73 bits per heavy atom. The first-order chi connectivity index (χ1) is 12.5. The molecule has 8 nitrogen and oxygen atoms in total. The van der Waals surface area contributed by atoms with E-state index in [4.69, 9.17) is 0 Å². The highest BCUT2D eigenvalue weighted by Crippen LogP contribution is 2.19. The monoisotopic (exact) mass is 350 g/mol. The second-order valence-electron chi connectivity index (χ2n) is 5.23. The molecule has 0 saturated carbocycles. The number of benzene rings is 2. The molecule has 0 amide bonds. The number of nitrogens with one attached hydrogen (secondary N) is 1. The predicted molar refractivity (Wildman–Crippen MR) is 92.4 cm³/mol. The summed E-state index contributed by atoms with van der Waals surface area (Å²) >= 11 is 0. The zero-order chi connectivity index (χ0) is 18.7. The molecule has 0 unspecified atom stereocenters. The molecular formula is C18H12N3O5-. The predicted octanol–water partition coefficient (Wildman–Crippen LogP) is 0.345. The zero-order valence-corrected chi connectivity index (χ0v) is 13.2. The third-order valence-electron chi connectivity index (χ3n) is 3.59. The van der Waals surface area contributed by atoms with Crippen molar-refractivity contribution >= 4 is 17.9 Å². The van der Waals surface area contributed by atoms with Crippen LogP contribution in [0.5, 0.6) is 5.88 Å². The number of para-hydroxylation sites is 2. The summed E-state index contributed by atoms with van der Waals surface area (Å²) in [5.41, 5.74) is -1.74. The van der Waals surface area contributed by atoms with Gasteiger partial charge in [0.15, 0.2) is 0 Å². The van der Waals surface area contributed by atoms with E-state index in [0.717, 1.165) is 10.8 Å². The van der Waals surface area contributed by atoms with Crippen molar-refractivity contribution in [2.24, 2.45) is 4.99 Å². The van der Waals surface area contributed by atoms with E-state index in [1.54, 1.807) is 36.4 Å². The summed E-state index contributed by atoms with van der Waals surface area (Å²) in [6.07, 6.45) is 0.995. The van der Waals surface area contributed by atoms with Crippen molar-refractivity contribution in [3.8, 4) is 11.6 Å². The van der Waals surface area contributed by atoms with E-state index in [-0.39, 0.29) is 16.8 Å². The van der Waals surface area contributed by atoms with Crippen LogP contribution >= 0.6 is 0 Å².